The second kappa shape index (κ2) is 8.52. The lowest BCUT2D eigenvalue weighted by Crippen LogP contribution is -2.48. The van der Waals surface area contributed by atoms with Gasteiger partial charge in [-0.15, -0.1) is 0 Å². The first-order valence-corrected chi connectivity index (χ1v) is 10.9. The molecule has 30 heavy (non-hydrogen) atoms. The lowest BCUT2D eigenvalue weighted by molar-refractivity contribution is 0.253. The Morgan fingerprint density at radius 1 is 1.13 bits per heavy atom. The molecule has 0 atom stereocenters. The highest BCUT2D eigenvalue weighted by molar-refractivity contribution is 5.96. The first-order valence-electron chi connectivity index (χ1n) is 10.9. The quantitative estimate of drug-likeness (QED) is 0.552. The number of hydrazine groups is 1. The maximum Gasteiger partial charge on any atom is 0.125 e. The number of fused-ring (bicyclic) bond motifs is 2. The molecule has 0 amide bonds. The standard InChI is InChI=1S/C23H25FN4.C2H6.H2/c1-15(2)27-9-7-19(8-10-27)28-23-11-16(3-4-17(23)13-26-28)21-14-25-22-12-18(24)5-6-20(21)22;1-2;/h3-6,11-12,14,19,25-26H,1,7-10,13H2,2H3;1-2H3;1H. The van der Waals surface area contributed by atoms with Crippen LogP contribution in [0.3, 0.4) is 0 Å². The summed E-state index contributed by atoms with van der Waals surface area (Å²) in [4.78, 5) is 5.57. The maximum absolute atomic E-state index is 13.5. The number of nitrogens with one attached hydrogen (secondary N) is 2. The highest BCUT2D eigenvalue weighted by Crippen LogP contribution is 2.36. The Bertz CT molecular complexity index is 1050. The Morgan fingerprint density at radius 3 is 2.63 bits per heavy atom. The van der Waals surface area contributed by atoms with Crippen LogP contribution in [0.15, 0.2) is 54.9 Å². The molecule has 2 aliphatic heterocycles. The molecule has 3 heterocycles. The third-order valence-electron chi connectivity index (χ3n) is 6.11. The van der Waals surface area contributed by atoms with Crippen molar-refractivity contribution < 1.29 is 5.82 Å². The lowest BCUT2D eigenvalue weighted by Gasteiger charge is -2.38. The maximum atomic E-state index is 13.5. The van der Waals surface area contributed by atoms with Gasteiger partial charge in [-0.3, -0.25) is 0 Å². The van der Waals surface area contributed by atoms with Crippen molar-refractivity contribution in [2.75, 3.05) is 18.1 Å². The number of H-pyrrole nitrogens is 1. The fourth-order valence-corrected chi connectivity index (χ4v) is 4.53. The number of anilines is 1. The van der Waals surface area contributed by atoms with E-state index in [1.54, 1.807) is 6.07 Å². The molecule has 1 fully saturated rings. The first kappa shape index (κ1) is 20.5. The van der Waals surface area contributed by atoms with Crippen LogP contribution in [0.4, 0.5) is 10.1 Å². The Balaban J connectivity index is 0.000000883. The summed E-state index contributed by atoms with van der Waals surface area (Å²) in [6.45, 7) is 13.1. The van der Waals surface area contributed by atoms with E-state index < -0.39 is 0 Å². The molecule has 160 valence electrons. The van der Waals surface area contributed by atoms with Gasteiger partial charge in [0.15, 0.2) is 0 Å². The second-order valence-corrected chi connectivity index (χ2v) is 7.89. The molecule has 0 radical (unpaired) electrons. The molecular formula is C25H33FN4. The van der Waals surface area contributed by atoms with E-state index in [0.29, 0.717) is 6.04 Å². The number of aromatic amines is 1. The van der Waals surface area contributed by atoms with Crippen LogP contribution in [0.2, 0.25) is 0 Å². The molecule has 4 nitrogen and oxygen atoms in total. The molecule has 0 unspecified atom stereocenters. The number of rotatable bonds is 3. The highest BCUT2D eigenvalue weighted by Gasteiger charge is 2.29. The number of aromatic nitrogens is 1. The molecule has 3 aromatic rings. The summed E-state index contributed by atoms with van der Waals surface area (Å²) in [5.74, 6) is -0.216. The summed E-state index contributed by atoms with van der Waals surface area (Å²) in [5, 5.41) is 3.41. The zero-order valence-electron chi connectivity index (χ0n) is 18.1. The summed E-state index contributed by atoms with van der Waals surface area (Å²) in [6, 6.07) is 12.1. The van der Waals surface area contributed by atoms with Gasteiger partial charge >= 0.3 is 0 Å². The van der Waals surface area contributed by atoms with Crippen molar-refractivity contribution in [1.29, 1.82) is 0 Å². The largest absolute Gasteiger partial charge is 0.375 e. The van der Waals surface area contributed by atoms with Crippen molar-refractivity contribution in [2.24, 2.45) is 0 Å². The molecule has 1 aromatic heterocycles. The molecule has 0 saturated carbocycles. The summed E-state index contributed by atoms with van der Waals surface area (Å²) >= 11 is 0. The smallest absolute Gasteiger partial charge is 0.125 e. The fraction of sp³-hybridized carbons (Fsp3) is 0.360. The molecule has 0 bridgehead atoms. The van der Waals surface area contributed by atoms with Crippen LogP contribution < -0.4 is 10.4 Å². The summed E-state index contributed by atoms with van der Waals surface area (Å²) in [5.41, 5.74) is 10.4. The molecule has 0 aliphatic carbocycles. The Kier molecular flexibility index (Phi) is 5.82. The Morgan fingerprint density at radius 2 is 1.90 bits per heavy atom. The van der Waals surface area contributed by atoms with Crippen LogP contribution >= 0.6 is 0 Å². The van der Waals surface area contributed by atoms with Crippen LogP contribution in [0.5, 0.6) is 0 Å². The van der Waals surface area contributed by atoms with E-state index in [-0.39, 0.29) is 7.24 Å². The van der Waals surface area contributed by atoms with Crippen molar-refractivity contribution in [2.45, 2.75) is 46.2 Å². The number of benzene rings is 2. The summed E-state index contributed by atoms with van der Waals surface area (Å²) < 4.78 is 13.5. The van der Waals surface area contributed by atoms with Crippen LogP contribution in [0.1, 0.15) is 40.6 Å². The monoisotopic (exact) mass is 408 g/mol. The zero-order chi connectivity index (χ0) is 21.3. The van der Waals surface area contributed by atoms with Crippen molar-refractivity contribution in [1.82, 2.24) is 15.3 Å². The number of likely N-dealkylation sites (tertiary alicyclic amines) is 1. The van der Waals surface area contributed by atoms with E-state index in [0.717, 1.165) is 60.2 Å². The number of allylic oxidation sites excluding steroid dienone is 1. The van der Waals surface area contributed by atoms with E-state index in [4.69, 9.17) is 0 Å². The van der Waals surface area contributed by atoms with Crippen molar-refractivity contribution in [3.05, 3.63) is 66.3 Å². The SMILES string of the molecule is C=C(C)N1CCC(N2NCc3ccc(-c4c[nH]c5cc(F)ccc45)cc32)CC1.CC.[HH]. The molecule has 2 N–H and O–H groups in total. The summed E-state index contributed by atoms with van der Waals surface area (Å²) in [6.07, 6.45) is 4.22. The van der Waals surface area contributed by atoms with Gasteiger partial charge in [-0.05, 0) is 55.2 Å². The van der Waals surface area contributed by atoms with Gasteiger partial charge in [-0.1, -0.05) is 32.6 Å². The van der Waals surface area contributed by atoms with Crippen molar-refractivity contribution in [3.8, 4) is 11.1 Å². The normalized spacial score (nSPS) is 16.4. The van der Waals surface area contributed by atoms with E-state index in [9.17, 15) is 4.39 Å². The lowest BCUT2D eigenvalue weighted by atomic mass is 10.00. The topological polar surface area (TPSA) is 34.3 Å². The van der Waals surface area contributed by atoms with Gasteiger partial charge in [-0.25, -0.2) is 9.82 Å². The minimum absolute atomic E-state index is 0. The third kappa shape index (κ3) is 3.70. The third-order valence-corrected chi connectivity index (χ3v) is 6.11. The summed E-state index contributed by atoms with van der Waals surface area (Å²) in [7, 11) is 0. The van der Waals surface area contributed by atoms with E-state index in [1.807, 2.05) is 26.1 Å². The molecular weight excluding hydrogens is 375 g/mol. The van der Waals surface area contributed by atoms with Crippen LogP contribution in [-0.4, -0.2) is 29.0 Å². The minimum atomic E-state index is -0.216. The van der Waals surface area contributed by atoms with Crippen molar-refractivity contribution in [3.63, 3.8) is 0 Å². The van der Waals surface area contributed by atoms with Crippen LogP contribution in [0, 0.1) is 5.82 Å². The molecule has 5 rings (SSSR count). The van der Waals surface area contributed by atoms with E-state index >= 15 is 0 Å². The van der Waals surface area contributed by atoms with Gasteiger partial charge in [0.2, 0.25) is 0 Å². The average molecular weight is 409 g/mol. The van der Waals surface area contributed by atoms with E-state index in [2.05, 4.69) is 52.0 Å². The van der Waals surface area contributed by atoms with E-state index in [1.165, 1.54) is 17.3 Å². The predicted molar refractivity (Wildman–Crippen MR) is 126 cm³/mol. The number of halogens is 1. The van der Waals surface area contributed by atoms with Gasteiger partial charge in [-0.2, -0.15) is 0 Å². The number of hydrogen-bond donors (Lipinski definition) is 2. The Hall–Kier alpha value is -2.79. The van der Waals surface area contributed by atoms with Crippen LogP contribution in [-0.2, 0) is 6.54 Å². The molecule has 5 heteroatoms. The average Bonchev–Trinajstić information content (AvgIpc) is 3.38. The molecule has 2 aromatic carbocycles. The molecule has 2 aliphatic rings. The van der Waals surface area contributed by atoms with Gasteiger partial charge in [0.05, 0.1) is 5.69 Å². The number of piperidine rings is 1. The van der Waals surface area contributed by atoms with Crippen LogP contribution in [0.25, 0.3) is 22.0 Å². The zero-order valence-corrected chi connectivity index (χ0v) is 18.1. The van der Waals surface area contributed by atoms with Gasteiger partial charge in [0, 0.05) is 55.5 Å². The minimum Gasteiger partial charge on any atom is -0.375 e. The van der Waals surface area contributed by atoms with Gasteiger partial charge in [0.25, 0.3) is 0 Å². The Labute approximate surface area is 179 Å². The van der Waals surface area contributed by atoms with Gasteiger partial charge < -0.3 is 14.9 Å². The number of nitrogens with zero attached hydrogens (tertiary/aromatic N) is 2. The molecule has 0 spiro atoms. The van der Waals surface area contributed by atoms with Crippen molar-refractivity contribution >= 4 is 16.6 Å². The fourth-order valence-electron chi connectivity index (χ4n) is 4.53. The molecule has 1 saturated heterocycles. The van der Waals surface area contributed by atoms with Gasteiger partial charge in [0.1, 0.15) is 5.82 Å². The second-order valence-electron chi connectivity index (χ2n) is 7.89. The highest BCUT2D eigenvalue weighted by atomic mass is 19.1. The predicted octanol–water partition coefficient (Wildman–Crippen LogP) is 6.07. The number of hydrogen-bond acceptors (Lipinski definition) is 3. The first-order chi connectivity index (χ1) is 14.6.